The van der Waals surface area contributed by atoms with Crippen molar-refractivity contribution < 1.29 is 9.18 Å². The Bertz CT molecular complexity index is 1370. The first-order valence-electron chi connectivity index (χ1n) is 9.96. The fourth-order valence-electron chi connectivity index (χ4n) is 3.33. The van der Waals surface area contributed by atoms with E-state index in [9.17, 15) is 14.0 Å². The summed E-state index contributed by atoms with van der Waals surface area (Å²) in [5.41, 5.74) is 1.15. The van der Waals surface area contributed by atoms with E-state index in [-0.39, 0.29) is 16.9 Å². The highest BCUT2D eigenvalue weighted by molar-refractivity contribution is 5.94. The Morgan fingerprint density at radius 3 is 2.75 bits per heavy atom. The van der Waals surface area contributed by atoms with Crippen LogP contribution in [0.2, 0.25) is 0 Å². The number of carbonyl (C=O) groups is 1. The molecule has 162 valence electrons. The number of rotatable bonds is 6. The first-order valence-corrected chi connectivity index (χ1v) is 9.96. The first-order chi connectivity index (χ1) is 15.5. The Morgan fingerprint density at radius 2 is 2.03 bits per heavy atom. The molecule has 3 N–H and O–H groups in total. The van der Waals surface area contributed by atoms with Gasteiger partial charge in [0.05, 0.1) is 17.9 Å². The normalized spacial score (nSPS) is 17.2. The van der Waals surface area contributed by atoms with Crippen molar-refractivity contribution >= 4 is 28.7 Å². The van der Waals surface area contributed by atoms with Crippen molar-refractivity contribution in [3.8, 4) is 5.82 Å². The standard InChI is InChI=1S/C21H19FN8O2/c1-23-15-10-17(26-13-5-4-8-29(21(13)32)18-6-2-3-7-24-18)28-30-16(11-25-19(15)30)20(31)27-14-9-12(14)22/h2-8,10-12,14,23H,9H2,1H3,(H,26,28)(H,27,31)/t12-,14+/m0/s1. The number of nitrogens with zero attached hydrogens (tertiary/aromatic N) is 5. The fourth-order valence-corrected chi connectivity index (χ4v) is 3.33. The lowest BCUT2D eigenvalue weighted by atomic mass is 10.3. The molecule has 4 aromatic heterocycles. The van der Waals surface area contributed by atoms with E-state index in [0.717, 1.165) is 0 Å². The molecule has 2 atom stereocenters. The van der Waals surface area contributed by atoms with Gasteiger partial charge in [-0.1, -0.05) is 6.07 Å². The molecule has 0 saturated heterocycles. The molecule has 1 amide bonds. The van der Waals surface area contributed by atoms with Gasteiger partial charge in [0, 0.05) is 31.9 Å². The fraction of sp³-hybridized carbons (Fsp3) is 0.190. The molecular formula is C21H19FN8O2. The molecule has 11 heteroatoms. The molecule has 32 heavy (non-hydrogen) atoms. The van der Waals surface area contributed by atoms with Crippen LogP contribution in [0.15, 0.2) is 59.8 Å². The number of hydrogen-bond acceptors (Lipinski definition) is 7. The minimum absolute atomic E-state index is 0.165. The van der Waals surface area contributed by atoms with Gasteiger partial charge in [-0.3, -0.25) is 14.2 Å². The predicted octanol–water partition coefficient (Wildman–Crippen LogP) is 1.90. The third-order valence-corrected chi connectivity index (χ3v) is 5.10. The molecule has 0 aromatic carbocycles. The predicted molar refractivity (Wildman–Crippen MR) is 116 cm³/mol. The van der Waals surface area contributed by atoms with Crippen molar-refractivity contribution in [1.29, 1.82) is 0 Å². The van der Waals surface area contributed by atoms with E-state index in [2.05, 4.69) is 31.0 Å². The van der Waals surface area contributed by atoms with Crippen LogP contribution in [0.1, 0.15) is 16.9 Å². The van der Waals surface area contributed by atoms with E-state index in [1.807, 2.05) is 0 Å². The summed E-state index contributed by atoms with van der Waals surface area (Å²) >= 11 is 0. The second-order valence-electron chi connectivity index (χ2n) is 7.31. The van der Waals surface area contributed by atoms with Gasteiger partial charge in [-0.15, -0.1) is 5.10 Å². The van der Waals surface area contributed by atoms with Crippen molar-refractivity contribution in [2.45, 2.75) is 18.6 Å². The van der Waals surface area contributed by atoms with Gasteiger partial charge in [-0.25, -0.2) is 18.9 Å². The second kappa shape index (κ2) is 7.76. The summed E-state index contributed by atoms with van der Waals surface area (Å²) in [6.45, 7) is 0. The van der Waals surface area contributed by atoms with Crippen LogP contribution in [0.5, 0.6) is 0 Å². The summed E-state index contributed by atoms with van der Waals surface area (Å²) in [4.78, 5) is 34.0. The number of aromatic nitrogens is 5. The largest absolute Gasteiger partial charge is 0.385 e. The molecule has 10 nitrogen and oxygen atoms in total. The highest BCUT2D eigenvalue weighted by Gasteiger charge is 2.39. The molecule has 1 fully saturated rings. The Labute approximate surface area is 181 Å². The second-order valence-corrected chi connectivity index (χ2v) is 7.31. The van der Waals surface area contributed by atoms with Gasteiger partial charge >= 0.3 is 0 Å². The molecule has 4 aromatic rings. The van der Waals surface area contributed by atoms with E-state index in [1.165, 1.54) is 15.3 Å². The van der Waals surface area contributed by atoms with Gasteiger partial charge in [0.2, 0.25) is 0 Å². The van der Waals surface area contributed by atoms with Crippen molar-refractivity contribution in [2.24, 2.45) is 0 Å². The number of pyridine rings is 2. The highest BCUT2D eigenvalue weighted by atomic mass is 19.1. The lowest BCUT2D eigenvalue weighted by Crippen LogP contribution is -2.28. The van der Waals surface area contributed by atoms with E-state index < -0.39 is 18.1 Å². The number of alkyl halides is 1. The quantitative estimate of drug-likeness (QED) is 0.424. The summed E-state index contributed by atoms with van der Waals surface area (Å²) in [5.74, 6) is 0.339. The zero-order valence-corrected chi connectivity index (χ0v) is 17.0. The van der Waals surface area contributed by atoms with Crippen LogP contribution < -0.4 is 21.5 Å². The van der Waals surface area contributed by atoms with Crippen molar-refractivity contribution in [2.75, 3.05) is 17.7 Å². The van der Waals surface area contributed by atoms with Crippen LogP contribution >= 0.6 is 0 Å². The topological polar surface area (TPSA) is 118 Å². The third-order valence-electron chi connectivity index (χ3n) is 5.10. The maximum absolute atomic E-state index is 13.2. The zero-order chi connectivity index (χ0) is 22.2. The third kappa shape index (κ3) is 3.53. The summed E-state index contributed by atoms with van der Waals surface area (Å²) in [6.07, 6.45) is 3.90. The van der Waals surface area contributed by atoms with Gasteiger partial charge in [0.1, 0.15) is 17.7 Å². The van der Waals surface area contributed by atoms with Crippen molar-refractivity contribution in [3.05, 3.63) is 71.0 Å². The number of anilines is 3. The van der Waals surface area contributed by atoms with Gasteiger partial charge in [-0.05, 0) is 24.3 Å². The molecule has 5 rings (SSSR count). The van der Waals surface area contributed by atoms with E-state index in [1.54, 1.807) is 55.8 Å². The maximum atomic E-state index is 13.2. The van der Waals surface area contributed by atoms with Crippen LogP contribution in [0.3, 0.4) is 0 Å². The number of amides is 1. The zero-order valence-electron chi connectivity index (χ0n) is 17.0. The van der Waals surface area contributed by atoms with Crippen LogP contribution in [0, 0.1) is 0 Å². The lowest BCUT2D eigenvalue weighted by molar-refractivity contribution is 0.0940. The molecule has 4 heterocycles. The maximum Gasteiger partial charge on any atom is 0.279 e. The smallest absolute Gasteiger partial charge is 0.279 e. The molecule has 1 aliphatic rings. The molecule has 1 aliphatic carbocycles. The molecule has 0 unspecified atom stereocenters. The molecule has 0 radical (unpaired) electrons. The molecule has 0 spiro atoms. The Hall–Kier alpha value is -4.28. The summed E-state index contributed by atoms with van der Waals surface area (Å²) in [7, 11) is 1.71. The average Bonchev–Trinajstić information content (AvgIpc) is 3.32. The number of imidazole rings is 1. The van der Waals surface area contributed by atoms with Crippen molar-refractivity contribution in [1.82, 2.24) is 29.5 Å². The molecular weight excluding hydrogens is 415 g/mol. The number of fused-ring (bicyclic) bond motifs is 1. The minimum atomic E-state index is -1.02. The van der Waals surface area contributed by atoms with Crippen LogP contribution in [-0.2, 0) is 0 Å². The average molecular weight is 434 g/mol. The van der Waals surface area contributed by atoms with Gasteiger partial charge < -0.3 is 16.0 Å². The number of hydrogen-bond donors (Lipinski definition) is 3. The summed E-state index contributed by atoms with van der Waals surface area (Å²) in [5, 5.41) is 13.1. The summed E-state index contributed by atoms with van der Waals surface area (Å²) < 4.78 is 16.0. The van der Waals surface area contributed by atoms with E-state index in [0.29, 0.717) is 29.4 Å². The van der Waals surface area contributed by atoms with Crippen LogP contribution in [0.4, 0.5) is 21.6 Å². The highest BCUT2D eigenvalue weighted by Crippen LogP contribution is 2.26. The van der Waals surface area contributed by atoms with E-state index >= 15 is 0 Å². The molecule has 0 bridgehead atoms. The van der Waals surface area contributed by atoms with E-state index in [4.69, 9.17) is 0 Å². The van der Waals surface area contributed by atoms with Crippen molar-refractivity contribution in [3.63, 3.8) is 0 Å². The Morgan fingerprint density at radius 1 is 1.19 bits per heavy atom. The first kappa shape index (κ1) is 19.7. The number of halogens is 1. The lowest BCUT2D eigenvalue weighted by Gasteiger charge is -2.11. The molecule has 1 saturated carbocycles. The van der Waals surface area contributed by atoms with Crippen LogP contribution in [0.25, 0.3) is 11.5 Å². The minimum Gasteiger partial charge on any atom is -0.385 e. The van der Waals surface area contributed by atoms with Gasteiger partial charge in [0.15, 0.2) is 17.2 Å². The number of nitrogens with one attached hydrogen (secondary N) is 3. The van der Waals surface area contributed by atoms with Gasteiger partial charge in [-0.2, -0.15) is 0 Å². The van der Waals surface area contributed by atoms with Gasteiger partial charge in [0.25, 0.3) is 11.5 Å². The Balaban J connectivity index is 1.52. The number of carbonyl (C=O) groups excluding carboxylic acids is 1. The van der Waals surface area contributed by atoms with Crippen LogP contribution in [-0.4, -0.2) is 49.3 Å². The molecule has 0 aliphatic heterocycles. The summed E-state index contributed by atoms with van der Waals surface area (Å²) in [6, 6.07) is 9.84. The SMILES string of the molecule is CNc1cc(Nc2cccn(-c3ccccn3)c2=O)nn2c(C(=O)N[C@@H]3C[C@@H]3F)cnc12. The Kier molecular flexibility index (Phi) is 4.77. The monoisotopic (exact) mass is 434 g/mol.